The number of nitrogens with two attached hydrogens (primary N) is 1. The van der Waals surface area contributed by atoms with E-state index in [1.54, 1.807) is 13.1 Å². The number of imidazole rings is 1. The average Bonchev–Trinajstić information content (AvgIpc) is 3.18. The number of carbonyl (C=O) groups is 1. The minimum atomic E-state index is -0.733. The predicted octanol–water partition coefficient (Wildman–Crippen LogP) is 0.597. The van der Waals surface area contributed by atoms with Gasteiger partial charge >= 0.3 is 11.7 Å². The Balaban J connectivity index is 2.23. The molecule has 3 heterocycles. The third-order valence-electron chi connectivity index (χ3n) is 4.13. The summed E-state index contributed by atoms with van der Waals surface area (Å²) in [6, 6.07) is 0.846. The first-order chi connectivity index (χ1) is 12.9. The first kappa shape index (κ1) is 18.4. The highest BCUT2D eigenvalue weighted by atomic mass is 16.2. The van der Waals surface area contributed by atoms with Crippen molar-refractivity contribution in [2.45, 2.75) is 39.8 Å². The number of H-pyrrole nitrogens is 1. The zero-order chi connectivity index (χ0) is 19.7. The van der Waals surface area contributed by atoms with E-state index in [0.29, 0.717) is 36.7 Å². The van der Waals surface area contributed by atoms with Gasteiger partial charge in [0.25, 0.3) is 5.56 Å². The van der Waals surface area contributed by atoms with Gasteiger partial charge < -0.3 is 10.7 Å². The Kier molecular flexibility index (Phi) is 4.84. The number of hydrogen-bond donors (Lipinski definition) is 3. The Bertz CT molecular complexity index is 1120. The van der Waals surface area contributed by atoms with Crippen LogP contribution in [0, 0.1) is 0 Å². The third-order valence-corrected chi connectivity index (χ3v) is 4.13. The highest BCUT2D eigenvalue weighted by molar-refractivity contribution is 5.87. The number of nitrogens with one attached hydrogen (secondary N) is 2. The first-order valence-corrected chi connectivity index (χ1v) is 8.71. The fourth-order valence-electron chi connectivity index (χ4n) is 3.01. The van der Waals surface area contributed by atoms with Gasteiger partial charge in [0, 0.05) is 26.2 Å². The average molecular weight is 374 g/mol. The van der Waals surface area contributed by atoms with Gasteiger partial charge in [0.15, 0.2) is 17.3 Å². The van der Waals surface area contributed by atoms with Crippen LogP contribution in [0.3, 0.4) is 0 Å². The maximum absolute atomic E-state index is 12.8. The van der Waals surface area contributed by atoms with Gasteiger partial charge in [0.1, 0.15) is 11.2 Å². The number of aromatic amines is 1. The number of aromatic nitrogens is 6. The van der Waals surface area contributed by atoms with Crippen LogP contribution in [0.1, 0.15) is 26.7 Å². The zero-order valence-corrected chi connectivity index (χ0v) is 15.4. The van der Waals surface area contributed by atoms with Crippen molar-refractivity contribution in [3.8, 4) is 11.5 Å². The number of nitrogens with zero attached hydrogens (tertiary/aromatic N) is 5. The summed E-state index contributed by atoms with van der Waals surface area (Å²) in [5.41, 5.74) is 5.45. The molecule has 0 aliphatic carbocycles. The van der Waals surface area contributed by atoms with Crippen LogP contribution < -0.4 is 22.3 Å². The lowest BCUT2D eigenvalue weighted by Crippen LogP contribution is -2.40. The lowest BCUT2D eigenvalue weighted by molar-refractivity contribution is 0.259. The van der Waals surface area contributed by atoms with E-state index in [1.807, 2.05) is 13.8 Å². The first-order valence-electron chi connectivity index (χ1n) is 8.71. The summed E-state index contributed by atoms with van der Waals surface area (Å²) in [6.45, 7) is 4.64. The fourth-order valence-corrected chi connectivity index (χ4v) is 3.01. The Morgan fingerprint density at radius 3 is 2.52 bits per heavy atom. The summed E-state index contributed by atoms with van der Waals surface area (Å²) in [4.78, 5) is 44.0. The molecule has 11 nitrogen and oxygen atoms in total. The van der Waals surface area contributed by atoms with Crippen LogP contribution in [0.25, 0.3) is 22.7 Å². The third kappa shape index (κ3) is 3.23. The summed E-state index contributed by atoms with van der Waals surface area (Å²) in [5, 5.41) is 6.53. The second-order valence-corrected chi connectivity index (χ2v) is 6.20. The predicted molar refractivity (Wildman–Crippen MR) is 101 cm³/mol. The van der Waals surface area contributed by atoms with Gasteiger partial charge in [-0.3, -0.25) is 23.9 Å². The van der Waals surface area contributed by atoms with E-state index in [4.69, 9.17) is 5.73 Å². The molecule has 3 rings (SSSR count). The van der Waals surface area contributed by atoms with Crippen LogP contribution in [-0.4, -0.2) is 34.9 Å². The van der Waals surface area contributed by atoms with Gasteiger partial charge in [-0.2, -0.15) is 5.10 Å². The maximum Gasteiger partial charge on any atom is 0.332 e. The molecule has 0 spiro atoms. The standard InChI is InChI=1S/C16H22N8O3/c1-4-6-23-13-11(14(25)24(7-5-2)16(23)27)19-12(20-13)9-8-10(18-15(17)26)21-22(9)3/h8H,4-7H2,1-3H3,(H,19,20)(H3,17,18,21,26). The molecule has 2 amide bonds. The number of rotatable bonds is 6. The molecule has 0 unspecified atom stereocenters. The number of hydrogen-bond acceptors (Lipinski definition) is 5. The quantitative estimate of drug-likeness (QED) is 0.578. The van der Waals surface area contributed by atoms with Crippen molar-refractivity contribution in [2.75, 3.05) is 5.32 Å². The number of fused-ring (bicyclic) bond motifs is 1. The van der Waals surface area contributed by atoms with Crippen molar-refractivity contribution < 1.29 is 4.79 Å². The minimum Gasteiger partial charge on any atom is -0.351 e. The van der Waals surface area contributed by atoms with Crippen molar-refractivity contribution >= 4 is 23.0 Å². The van der Waals surface area contributed by atoms with E-state index < -0.39 is 11.6 Å². The summed E-state index contributed by atoms with van der Waals surface area (Å²) in [7, 11) is 1.67. The molecule has 3 aromatic rings. The van der Waals surface area contributed by atoms with E-state index in [2.05, 4.69) is 20.4 Å². The molecule has 0 atom stereocenters. The molecule has 0 aromatic carbocycles. The lowest BCUT2D eigenvalue weighted by atomic mass is 10.4. The van der Waals surface area contributed by atoms with Crippen LogP contribution in [0.15, 0.2) is 15.7 Å². The second kappa shape index (κ2) is 7.09. The van der Waals surface area contributed by atoms with Crippen molar-refractivity contribution in [1.82, 2.24) is 28.9 Å². The lowest BCUT2D eigenvalue weighted by Gasteiger charge is -2.09. The molecule has 0 aliphatic heterocycles. The molecular formula is C16H22N8O3. The van der Waals surface area contributed by atoms with Crippen molar-refractivity contribution in [3.63, 3.8) is 0 Å². The van der Waals surface area contributed by atoms with Crippen molar-refractivity contribution in [1.29, 1.82) is 0 Å². The van der Waals surface area contributed by atoms with Crippen LogP contribution in [0.2, 0.25) is 0 Å². The van der Waals surface area contributed by atoms with Gasteiger partial charge in [0.2, 0.25) is 0 Å². The molecule has 3 aromatic heterocycles. The monoisotopic (exact) mass is 374 g/mol. The number of amides is 2. The summed E-state index contributed by atoms with van der Waals surface area (Å²) < 4.78 is 4.23. The number of carbonyl (C=O) groups excluding carboxylic acids is 1. The largest absolute Gasteiger partial charge is 0.351 e. The molecule has 4 N–H and O–H groups in total. The molecular weight excluding hydrogens is 352 g/mol. The fraction of sp³-hybridized carbons (Fsp3) is 0.438. The van der Waals surface area contributed by atoms with Gasteiger partial charge in [-0.15, -0.1) is 0 Å². The van der Waals surface area contributed by atoms with Gasteiger partial charge in [-0.05, 0) is 12.8 Å². The van der Waals surface area contributed by atoms with Crippen molar-refractivity contribution in [2.24, 2.45) is 12.8 Å². The van der Waals surface area contributed by atoms with E-state index in [0.717, 1.165) is 6.42 Å². The number of primary amides is 1. The van der Waals surface area contributed by atoms with Crippen LogP contribution in [0.4, 0.5) is 10.6 Å². The zero-order valence-electron chi connectivity index (χ0n) is 15.4. The molecule has 0 radical (unpaired) electrons. The van der Waals surface area contributed by atoms with E-state index >= 15 is 0 Å². The maximum atomic E-state index is 12.8. The highest BCUT2D eigenvalue weighted by Crippen LogP contribution is 2.21. The van der Waals surface area contributed by atoms with Crippen molar-refractivity contribution in [3.05, 3.63) is 26.9 Å². The highest BCUT2D eigenvalue weighted by Gasteiger charge is 2.19. The number of aryl methyl sites for hydroxylation is 2. The molecule has 0 saturated carbocycles. The second-order valence-electron chi connectivity index (χ2n) is 6.20. The minimum absolute atomic E-state index is 0.259. The smallest absolute Gasteiger partial charge is 0.332 e. The Labute approximate surface area is 153 Å². The summed E-state index contributed by atoms with van der Waals surface area (Å²) in [5.74, 6) is 0.628. The SMILES string of the molecule is CCCn1c(=O)c2[nH]c(-c3cc(NC(N)=O)nn3C)nc2n(CCC)c1=O. The Hall–Kier alpha value is -3.37. The van der Waals surface area contributed by atoms with E-state index in [-0.39, 0.29) is 17.0 Å². The van der Waals surface area contributed by atoms with Crippen LogP contribution in [0.5, 0.6) is 0 Å². The van der Waals surface area contributed by atoms with Gasteiger partial charge in [-0.1, -0.05) is 13.8 Å². The van der Waals surface area contributed by atoms with Gasteiger partial charge in [-0.25, -0.2) is 14.6 Å². The van der Waals surface area contributed by atoms with E-state index in [9.17, 15) is 14.4 Å². The number of urea groups is 1. The number of anilines is 1. The summed E-state index contributed by atoms with van der Waals surface area (Å²) in [6.07, 6.45) is 1.39. The topological polar surface area (TPSA) is 146 Å². The van der Waals surface area contributed by atoms with Crippen LogP contribution >= 0.6 is 0 Å². The Morgan fingerprint density at radius 2 is 1.89 bits per heavy atom. The molecule has 11 heteroatoms. The van der Waals surface area contributed by atoms with Crippen LogP contribution in [-0.2, 0) is 20.1 Å². The summed E-state index contributed by atoms with van der Waals surface area (Å²) >= 11 is 0. The Morgan fingerprint density at radius 1 is 1.22 bits per heavy atom. The molecule has 0 saturated heterocycles. The molecule has 0 aliphatic rings. The van der Waals surface area contributed by atoms with Gasteiger partial charge in [0.05, 0.1) is 0 Å². The molecule has 27 heavy (non-hydrogen) atoms. The molecule has 0 fully saturated rings. The van der Waals surface area contributed by atoms with E-state index in [1.165, 1.54) is 13.8 Å². The molecule has 144 valence electrons. The molecule has 0 bridgehead atoms. The normalized spacial score (nSPS) is 11.2.